The Labute approximate surface area is 111 Å². The van der Waals surface area contributed by atoms with E-state index < -0.39 is 0 Å². The van der Waals surface area contributed by atoms with Crippen molar-refractivity contribution >= 4 is 23.5 Å². The van der Waals surface area contributed by atoms with E-state index in [0.29, 0.717) is 10.5 Å². The molecule has 0 amide bonds. The summed E-state index contributed by atoms with van der Waals surface area (Å²) in [5.41, 5.74) is 7.24. The lowest BCUT2D eigenvalue weighted by molar-refractivity contribution is 0.401. The van der Waals surface area contributed by atoms with Crippen LogP contribution in [0.25, 0.3) is 0 Å². The Morgan fingerprint density at radius 2 is 2.24 bits per heavy atom. The van der Waals surface area contributed by atoms with Crippen molar-refractivity contribution in [2.24, 2.45) is 5.73 Å². The molecule has 2 heterocycles. The number of methoxy groups -OCH3 is 1. The van der Waals surface area contributed by atoms with E-state index in [1.165, 1.54) is 11.5 Å². The van der Waals surface area contributed by atoms with Gasteiger partial charge >= 0.3 is 0 Å². The fourth-order valence-corrected chi connectivity index (χ4v) is 4.88. The van der Waals surface area contributed by atoms with E-state index in [2.05, 4.69) is 11.9 Å². The first-order valence-electron chi connectivity index (χ1n) is 5.71. The normalized spacial score (nSPS) is 26.5. The van der Waals surface area contributed by atoms with Gasteiger partial charge in [-0.3, -0.25) is 4.98 Å². The van der Waals surface area contributed by atoms with Crippen LogP contribution < -0.4 is 10.5 Å². The third-order valence-corrected chi connectivity index (χ3v) is 6.14. The number of rotatable bonds is 3. The number of hydrogen-bond acceptors (Lipinski definition) is 5. The molecule has 0 bridgehead atoms. The molecule has 1 aliphatic rings. The molecule has 1 aromatic rings. The predicted octanol–water partition coefficient (Wildman–Crippen LogP) is 2.33. The Morgan fingerprint density at radius 3 is 2.94 bits per heavy atom. The molecule has 0 aromatic carbocycles. The van der Waals surface area contributed by atoms with E-state index in [4.69, 9.17) is 10.5 Å². The summed E-state index contributed by atoms with van der Waals surface area (Å²) in [6.07, 6.45) is 1.78. The van der Waals surface area contributed by atoms with Gasteiger partial charge in [-0.2, -0.15) is 23.5 Å². The van der Waals surface area contributed by atoms with Crippen LogP contribution in [0.15, 0.2) is 18.3 Å². The van der Waals surface area contributed by atoms with Crippen LogP contribution in [0.2, 0.25) is 0 Å². The standard InChI is InChI=1S/C12H18N2OS2/c1-8-12(17-7-6-16-8)10(13)11-9(15-2)4-3-5-14-11/h3-5,8,10,12H,6-7,13H2,1-2H3. The van der Waals surface area contributed by atoms with Crippen LogP contribution >= 0.6 is 23.5 Å². The second-order valence-electron chi connectivity index (χ2n) is 4.03. The van der Waals surface area contributed by atoms with E-state index in [0.717, 1.165) is 11.4 Å². The average molecular weight is 270 g/mol. The van der Waals surface area contributed by atoms with E-state index in [1.807, 2.05) is 35.7 Å². The molecule has 1 aliphatic heterocycles. The molecular formula is C12H18N2OS2. The maximum absolute atomic E-state index is 6.36. The summed E-state index contributed by atoms with van der Waals surface area (Å²) in [6.45, 7) is 2.25. The van der Waals surface area contributed by atoms with Crippen molar-refractivity contribution in [3.63, 3.8) is 0 Å². The molecule has 2 rings (SSSR count). The van der Waals surface area contributed by atoms with Crippen molar-refractivity contribution < 1.29 is 4.74 Å². The van der Waals surface area contributed by atoms with Crippen molar-refractivity contribution in [1.29, 1.82) is 0 Å². The average Bonchev–Trinajstić information content (AvgIpc) is 2.38. The third kappa shape index (κ3) is 2.89. The zero-order valence-corrected chi connectivity index (χ0v) is 11.8. The highest BCUT2D eigenvalue weighted by Gasteiger charge is 2.31. The van der Waals surface area contributed by atoms with Gasteiger partial charge in [0.25, 0.3) is 0 Å². The molecule has 94 valence electrons. The Balaban J connectivity index is 2.20. The molecule has 1 aromatic heterocycles. The van der Waals surface area contributed by atoms with Crippen LogP contribution in [0.3, 0.4) is 0 Å². The summed E-state index contributed by atoms with van der Waals surface area (Å²) in [7, 11) is 1.67. The molecule has 5 heteroatoms. The second-order valence-corrected chi connectivity index (χ2v) is 6.80. The Morgan fingerprint density at radius 1 is 1.47 bits per heavy atom. The van der Waals surface area contributed by atoms with Crippen molar-refractivity contribution in [1.82, 2.24) is 4.98 Å². The number of nitrogens with zero attached hydrogens (tertiary/aromatic N) is 1. The molecule has 1 saturated heterocycles. The smallest absolute Gasteiger partial charge is 0.142 e. The number of ether oxygens (including phenoxy) is 1. The first kappa shape index (κ1) is 13.1. The minimum Gasteiger partial charge on any atom is -0.495 e. The highest BCUT2D eigenvalue weighted by molar-refractivity contribution is 8.07. The lowest BCUT2D eigenvalue weighted by Crippen LogP contribution is -2.34. The lowest BCUT2D eigenvalue weighted by Gasteiger charge is -2.32. The molecule has 3 unspecified atom stereocenters. The molecule has 0 radical (unpaired) electrons. The van der Waals surface area contributed by atoms with Crippen molar-refractivity contribution in [3.8, 4) is 5.75 Å². The zero-order valence-electron chi connectivity index (χ0n) is 10.1. The minimum atomic E-state index is -0.0565. The molecule has 17 heavy (non-hydrogen) atoms. The second kappa shape index (κ2) is 5.98. The third-order valence-electron chi connectivity index (χ3n) is 2.93. The van der Waals surface area contributed by atoms with E-state index in [1.54, 1.807) is 13.3 Å². The Kier molecular flexibility index (Phi) is 4.59. The van der Waals surface area contributed by atoms with Gasteiger partial charge in [0.15, 0.2) is 0 Å². The number of hydrogen-bond donors (Lipinski definition) is 1. The Hall–Kier alpha value is -0.390. The fraction of sp³-hybridized carbons (Fsp3) is 0.583. The van der Waals surface area contributed by atoms with Crippen LogP contribution in [0.5, 0.6) is 5.75 Å². The van der Waals surface area contributed by atoms with Gasteiger partial charge in [-0.15, -0.1) is 0 Å². The molecule has 0 saturated carbocycles. The number of pyridine rings is 1. The predicted molar refractivity (Wildman–Crippen MR) is 75.9 cm³/mol. The van der Waals surface area contributed by atoms with Gasteiger partial charge in [0.05, 0.1) is 13.2 Å². The first-order chi connectivity index (χ1) is 8.24. The van der Waals surface area contributed by atoms with Crippen LogP contribution in [0.4, 0.5) is 0 Å². The van der Waals surface area contributed by atoms with Crippen LogP contribution in [-0.4, -0.2) is 34.1 Å². The van der Waals surface area contributed by atoms with Gasteiger partial charge < -0.3 is 10.5 Å². The van der Waals surface area contributed by atoms with Crippen LogP contribution in [0.1, 0.15) is 18.7 Å². The maximum Gasteiger partial charge on any atom is 0.142 e. The quantitative estimate of drug-likeness (QED) is 0.913. The van der Waals surface area contributed by atoms with Crippen molar-refractivity contribution in [3.05, 3.63) is 24.0 Å². The van der Waals surface area contributed by atoms with Gasteiger partial charge in [0.2, 0.25) is 0 Å². The maximum atomic E-state index is 6.36. The monoisotopic (exact) mass is 270 g/mol. The summed E-state index contributed by atoms with van der Waals surface area (Å²) in [6, 6.07) is 3.74. The SMILES string of the molecule is COc1cccnc1C(N)C1SCCSC1C. The number of thioether (sulfide) groups is 2. The number of aromatic nitrogens is 1. The van der Waals surface area contributed by atoms with E-state index >= 15 is 0 Å². The summed E-state index contributed by atoms with van der Waals surface area (Å²) < 4.78 is 5.33. The Bertz CT molecular complexity index is 375. The summed E-state index contributed by atoms with van der Waals surface area (Å²) in [5.74, 6) is 3.18. The molecule has 3 atom stereocenters. The topological polar surface area (TPSA) is 48.1 Å². The van der Waals surface area contributed by atoms with Gasteiger partial charge in [0, 0.05) is 28.2 Å². The van der Waals surface area contributed by atoms with Crippen LogP contribution in [0, 0.1) is 0 Å². The molecule has 0 aliphatic carbocycles. The van der Waals surface area contributed by atoms with E-state index in [-0.39, 0.29) is 6.04 Å². The molecule has 2 N–H and O–H groups in total. The summed E-state index contributed by atoms with van der Waals surface area (Å²) in [4.78, 5) is 4.39. The fourth-order valence-electron chi connectivity index (χ4n) is 2.03. The van der Waals surface area contributed by atoms with Gasteiger partial charge in [-0.05, 0) is 12.1 Å². The van der Waals surface area contributed by atoms with Gasteiger partial charge in [0.1, 0.15) is 11.4 Å². The lowest BCUT2D eigenvalue weighted by atomic mass is 10.1. The molecule has 0 spiro atoms. The van der Waals surface area contributed by atoms with Crippen molar-refractivity contribution in [2.45, 2.75) is 23.5 Å². The largest absolute Gasteiger partial charge is 0.495 e. The summed E-state index contributed by atoms with van der Waals surface area (Å²) >= 11 is 3.95. The first-order valence-corrected chi connectivity index (χ1v) is 7.81. The molecular weight excluding hydrogens is 252 g/mol. The highest BCUT2D eigenvalue weighted by Crippen LogP contribution is 2.38. The van der Waals surface area contributed by atoms with Crippen LogP contribution in [-0.2, 0) is 0 Å². The van der Waals surface area contributed by atoms with Gasteiger partial charge in [-0.1, -0.05) is 6.92 Å². The molecule has 3 nitrogen and oxygen atoms in total. The minimum absolute atomic E-state index is 0.0565. The molecule has 1 fully saturated rings. The van der Waals surface area contributed by atoms with E-state index in [9.17, 15) is 0 Å². The van der Waals surface area contributed by atoms with Crippen molar-refractivity contribution in [2.75, 3.05) is 18.6 Å². The summed E-state index contributed by atoms with van der Waals surface area (Å²) in [5, 5.41) is 0.980. The number of nitrogens with two attached hydrogens (primary N) is 1. The highest BCUT2D eigenvalue weighted by atomic mass is 32.2. The zero-order chi connectivity index (χ0) is 12.3. The van der Waals surface area contributed by atoms with Gasteiger partial charge in [-0.25, -0.2) is 0 Å².